The van der Waals surface area contributed by atoms with Gasteiger partial charge in [0.15, 0.2) is 0 Å². The van der Waals surface area contributed by atoms with E-state index >= 15 is 0 Å². The smallest absolute Gasteiger partial charge is 0.259 e. The Morgan fingerprint density at radius 1 is 1.15 bits per heavy atom. The fraction of sp³-hybridized carbons (Fsp3) is 0.240. The van der Waals surface area contributed by atoms with E-state index in [1.807, 2.05) is 17.0 Å². The summed E-state index contributed by atoms with van der Waals surface area (Å²) in [5, 5.41) is 16.1. The highest BCUT2D eigenvalue weighted by Crippen LogP contribution is 2.38. The van der Waals surface area contributed by atoms with Gasteiger partial charge in [-0.15, -0.1) is 0 Å². The lowest BCUT2D eigenvalue weighted by atomic mass is 10.0. The van der Waals surface area contributed by atoms with Gasteiger partial charge in [0.2, 0.25) is 0 Å². The van der Waals surface area contributed by atoms with E-state index in [9.17, 15) is 13.6 Å². The zero-order valence-electron chi connectivity index (χ0n) is 18.3. The van der Waals surface area contributed by atoms with Crippen LogP contribution in [-0.4, -0.2) is 38.8 Å². The zero-order chi connectivity index (χ0) is 23.7. The summed E-state index contributed by atoms with van der Waals surface area (Å²) in [5.74, 6) is -1.23. The van der Waals surface area contributed by atoms with Crippen LogP contribution in [0.15, 0.2) is 61.1 Å². The standard InChI is InChI=1S/C25H23F2N5O2/c26-16-3-6-22(27)20(12-16)23-2-1-9-31(23)19-7-10-32-24(13-19)21(15-29-32)25(34)30-18-5-4-17(8-11-33)28-14-18/h3-7,10,12-15,23,33H,1-2,8-9,11H2,(H,30,34). The molecule has 9 heteroatoms. The van der Waals surface area contributed by atoms with Crippen LogP contribution >= 0.6 is 0 Å². The third-order valence-electron chi connectivity index (χ3n) is 6.10. The molecule has 0 spiro atoms. The number of nitrogens with one attached hydrogen (secondary N) is 1. The van der Waals surface area contributed by atoms with Crippen molar-refractivity contribution in [2.75, 3.05) is 23.4 Å². The van der Waals surface area contributed by atoms with Crippen molar-refractivity contribution in [2.24, 2.45) is 0 Å². The van der Waals surface area contributed by atoms with Crippen molar-refractivity contribution in [3.05, 3.63) is 89.5 Å². The molecular weight excluding hydrogens is 440 g/mol. The lowest BCUT2D eigenvalue weighted by Gasteiger charge is -2.27. The van der Waals surface area contributed by atoms with Gasteiger partial charge in [0, 0.05) is 42.7 Å². The zero-order valence-corrected chi connectivity index (χ0v) is 18.3. The molecular formula is C25H23F2N5O2. The second-order valence-electron chi connectivity index (χ2n) is 8.26. The van der Waals surface area contributed by atoms with Gasteiger partial charge in [-0.2, -0.15) is 5.10 Å². The molecule has 5 rings (SSSR count). The largest absolute Gasteiger partial charge is 0.396 e. The molecule has 1 aliphatic heterocycles. The predicted octanol–water partition coefficient (Wildman–Crippen LogP) is 4.14. The SMILES string of the molecule is O=C(Nc1ccc(CCO)nc1)c1cnn2ccc(N3CCCC3c3cc(F)ccc3F)cc12. The number of rotatable bonds is 6. The third-order valence-corrected chi connectivity index (χ3v) is 6.10. The number of aliphatic hydroxyl groups excluding tert-OH is 1. The molecule has 1 atom stereocenters. The van der Waals surface area contributed by atoms with Crippen LogP contribution in [0.3, 0.4) is 0 Å². The summed E-state index contributed by atoms with van der Waals surface area (Å²) < 4.78 is 29.9. The average molecular weight is 463 g/mol. The van der Waals surface area contributed by atoms with Crippen LogP contribution < -0.4 is 10.2 Å². The van der Waals surface area contributed by atoms with Crippen molar-refractivity contribution in [2.45, 2.75) is 25.3 Å². The molecule has 7 nitrogen and oxygen atoms in total. The number of hydrogen-bond donors (Lipinski definition) is 2. The van der Waals surface area contributed by atoms with E-state index in [-0.39, 0.29) is 18.6 Å². The predicted molar refractivity (Wildman–Crippen MR) is 124 cm³/mol. The number of fused-ring (bicyclic) bond motifs is 1. The van der Waals surface area contributed by atoms with Crippen molar-refractivity contribution in [1.29, 1.82) is 0 Å². The summed E-state index contributed by atoms with van der Waals surface area (Å²) >= 11 is 0. The highest BCUT2D eigenvalue weighted by Gasteiger charge is 2.29. The molecule has 0 radical (unpaired) electrons. The third kappa shape index (κ3) is 4.22. The van der Waals surface area contributed by atoms with Gasteiger partial charge in [0.1, 0.15) is 11.6 Å². The quantitative estimate of drug-likeness (QED) is 0.449. The first-order valence-corrected chi connectivity index (χ1v) is 11.1. The van der Waals surface area contributed by atoms with Crippen LogP contribution in [0.5, 0.6) is 0 Å². The van der Waals surface area contributed by atoms with E-state index in [1.165, 1.54) is 12.3 Å². The Kier molecular flexibility index (Phi) is 5.93. The van der Waals surface area contributed by atoms with Gasteiger partial charge < -0.3 is 15.3 Å². The van der Waals surface area contributed by atoms with E-state index in [2.05, 4.69) is 15.4 Å². The number of pyridine rings is 2. The molecule has 4 heterocycles. The van der Waals surface area contributed by atoms with Gasteiger partial charge in [-0.3, -0.25) is 9.78 Å². The first kappa shape index (κ1) is 22.0. The number of aliphatic hydroxyl groups is 1. The monoisotopic (exact) mass is 463 g/mol. The van der Waals surface area contributed by atoms with Crippen molar-refractivity contribution >= 4 is 22.8 Å². The normalized spacial score (nSPS) is 15.7. The van der Waals surface area contributed by atoms with Gasteiger partial charge in [-0.1, -0.05) is 0 Å². The molecule has 34 heavy (non-hydrogen) atoms. The maximum atomic E-state index is 14.5. The number of anilines is 2. The Morgan fingerprint density at radius 3 is 2.82 bits per heavy atom. The summed E-state index contributed by atoms with van der Waals surface area (Å²) in [6.45, 7) is 0.700. The van der Waals surface area contributed by atoms with Gasteiger partial charge in [-0.05, 0) is 55.3 Å². The minimum absolute atomic E-state index is 0.00711. The lowest BCUT2D eigenvalue weighted by molar-refractivity contribution is 0.102. The molecule has 0 saturated carbocycles. The number of carbonyl (C=O) groups excluding carboxylic acids is 1. The van der Waals surface area contributed by atoms with Gasteiger partial charge in [0.25, 0.3) is 5.91 Å². The van der Waals surface area contributed by atoms with E-state index < -0.39 is 11.6 Å². The first-order chi connectivity index (χ1) is 16.5. The second kappa shape index (κ2) is 9.18. The number of benzene rings is 1. The Hall–Kier alpha value is -3.85. The van der Waals surface area contributed by atoms with E-state index in [0.29, 0.717) is 41.7 Å². The Balaban J connectivity index is 1.42. The molecule has 0 aliphatic carbocycles. The Morgan fingerprint density at radius 2 is 2.03 bits per heavy atom. The number of aromatic nitrogens is 3. The number of halogens is 2. The van der Waals surface area contributed by atoms with Crippen molar-refractivity contribution in [3.63, 3.8) is 0 Å². The number of hydrogen-bond acceptors (Lipinski definition) is 5. The van der Waals surface area contributed by atoms with Crippen LogP contribution in [-0.2, 0) is 6.42 Å². The van der Waals surface area contributed by atoms with Crippen molar-refractivity contribution in [3.8, 4) is 0 Å². The number of nitrogens with zero attached hydrogens (tertiary/aromatic N) is 4. The molecule has 1 aliphatic rings. The van der Waals surface area contributed by atoms with E-state index in [1.54, 1.807) is 29.0 Å². The van der Waals surface area contributed by atoms with E-state index in [4.69, 9.17) is 5.11 Å². The topological polar surface area (TPSA) is 82.8 Å². The number of amides is 1. The highest BCUT2D eigenvalue weighted by molar-refractivity contribution is 6.09. The minimum Gasteiger partial charge on any atom is -0.396 e. The lowest BCUT2D eigenvalue weighted by Crippen LogP contribution is -2.23. The Labute approximate surface area is 194 Å². The van der Waals surface area contributed by atoms with Gasteiger partial charge in [0.05, 0.1) is 35.2 Å². The fourth-order valence-corrected chi connectivity index (χ4v) is 4.45. The fourth-order valence-electron chi connectivity index (χ4n) is 4.45. The maximum Gasteiger partial charge on any atom is 0.259 e. The van der Waals surface area contributed by atoms with Gasteiger partial charge >= 0.3 is 0 Å². The first-order valence-electron chi connectivity index (χ1n) is 11.1. The second-order valence-corrected chi connectivity index (χ2v) is 8.26. The molecule has 1 aromatic carbocycles. The Bertz CT molecular complexity index is 1340. The summed E-state index contributed by atoms with van der Waals surface area (Å²) in [4.78, 5) is 19.2. The molecule has 0 bridgehead atoms. The van der Waals surface area contributed by atoms with Gasteiger partial charge in [-0.25, -0.2) is 13.3 Å². The minimum atomic E-state index is -0.465. The maximum absolute atomic E-state index is 14.5. The highest BCUT2D eigenvalue weighted by atomic mass is 19.1. The van der Waals surface area contributed by atoms with Crippen LogP contribution in [0.1, 0.15) is 40.5 Å². The summed E-state index contributed by atoms with van der Waals surface area (Å²) in [7, 11) is 0. The van der Waals surface area contributed by atoms with Crippen LogP contribution in [0, 0.1) is 11.6 Å². The molecule has 1 unspecified atom stereocenters. The molecule has 2 N–H and O–H groups in total. The average Bonchev–Trinajstić information content (AvgIpc) is 3.49. The number of carbonyl (C=O) groups is 1. The molecule has 4 aromatic rings. The molecule has 1 amide bonds. The van der Waals surface area contributed by atoms with Crippen LogP contribution in [0.2, 0.25) is 0 Å². The molecule has 3 aromatic heterocycles. The summed E-state index contributed by atoms with van der Waals surface area (Å²) in [6, 6.07) is 10.4. The van der Waals surface area contributed by atoms with Crippen LogP contribution in [0.4, 0.5) is 20.2 Å². The molecule has 1 fully saturated rings. The summed E-state index contributed by atoms with van der Waals surface area (Å²) in [6.07, 6.45) is 6.79. The van der Waals surface area contributed by atoms with Crippen molar-refractivity contribution < 1.29 is 18.7 Å². The van der Waals surface area contributed by atoms with Crippen LogP contribution in [0.25, 0.3) is 5.52 Å². The van der Waals surface area contributed by atoms with E-state index in [0.717, 1.165) is 29.9 Å². The molecule has 1 saturated heterocycles. The van der Waals surface area contributed by atoms with Crippen molar-refractivity contribution in [1.82, 2.24) is 14.6 Å². The summed E-state index contributed by atoms with van der Waals surface area (Å²) in [5.41, 5.74) is 3.39. The molecule has 174 valence electrons.